The molecule has 1 aromatic carbocycles. The molecular formula is C22H28N2O8. The van der Waals surface area contributed by atoms with Crippen LogP contribution in [0.3, 0.4) is 0 Å². The molecule has 2 atom stereocenters. The van der Waals surface area contributed by atoms with Crippen molar-refractivity contribution in [3.8, 4) is 0 Å². The van der Waals surface area contributed by atoms with Crippen LogP contribution in [0.1, 0.15) is 44.6 Å². The number of alkyl carbamates (subject to hydrolysis) is 1. The SMILES string of the molecule is C[C@@]1(C(=O)C[C@@H](CCC(=O)O)C(=O)O)CCCN1C(=O)CNC(=O)OCc1ccccc1. The summed E-state index contributed by atoms with van der Waals surface area (Å²) in [5.41, 5.74) is -0.411. The molecule has 3 N–H and O–H groups in total. The summed E-state index contributed by atoms with van der Waals surface area (Å²) in [6.45, 7) is 1.56. The van der Waals surface area contributed by atoms with Gasteiger partial charge in [0.15, 0.2) is 5.78 Å². The lowest BCUT2D eigenvalue weighted by Crippen LogP contribution is -2.54. The molecule has 1 fully saturated rings. The number of rotatable bonds is 11. The van der Waals surface area contributed by atoms with Gasteiger partial charge in [0, 0.05) is 19.4 Å². The van der Waals surface area contributed by atoms with Gasteiger partial charge in [-0.2, -0.15) is 0 Å². The molecule has 0 saturated carbocycles. The molecule has 32 heavy (non-hydrogen) atoms. The fraction of sp³-hybridized carbons (Fsp3) is 0.500. The minimum atomic E-state index is -1.25. The lowest BCUT2D eigenvalue weighted by molar-refractivity contribution is -0.148. The number of nitrogens with one attached hydrogen (secondary N) is 1. The molecule has 1 aliphatic heterocycles. The van der Waals surface area contributed by atoms with E-state index < -0.39 is 41.2 Å². The number of likely N-dealkylation sites (tertiary alicyclic amines) is 1. The van der Waals surface area contributed by atoms with Gasteiger partial charge in [0.25, 0.3) is 0 Å². The van der Waals surface area contributed by atoms with Crippen molar-refractivity contribution in [2.75, 3.05) is 13.1 Å². The Labute approximate surface area is 185 Å². The highest BCUT2D eigenvalue weighted by molar-refractivity contribution is 5.96. The topological polar surface area (TPSA) is 150 Å². The molecule has 0 unspecified atom stereocenters. The zero-order valence-electron chi connectivity index (χ0n) is 17.9. The number of carboxylic acid groups (broad SMARTS) is 2. The smallest absolute Gasteiger partial charge is 0.407 e. The number of hydrogen-bond acceptors (Lipinski definition) is 6. The van der Waals surface area contributed by atoms with E-state index in [1.54, 1.807) is 19.1 Å². The second-order valence-electron chi connectivity index (χ2n) is 7.93. The summed E-state index contributed by atoms with van der Waals surface area (Å²) in [6, 6.07) is 9.03. The van der Waals surface area contributed by atoms with Crippen molar-refractivity contribution in [3.05, 3.63) is 35.9 Å². The van der Waals surface area contributed by atoms with Crippen LogP contribution in [-0.2, 0) is 30.5 Å². The number of carbonyl (C=O) groups excluding carboxylic acids is 3. The van der Waals surface area contributed by atoms with E-state index in [-0.39, 0.29) is 32.4 Å². The Hall–Kier alpha value is -3.43. The molecule has 10 nitrogen and oxygen atoms in total. The number of carbonyl (C=O) groups is 5. The number of ether oxygens (including phenoxy) is 1. The summed E-state index contributed by atoms with van der Waals surface area (Å²) in [5.74, 6) is -4.45. The van der Waals surface area contributed by atoms with Gasteiger partial charge in [-0.25, -0.2) is 4.79 Å². The van der Waals surface area contributed by atoms with Crippen LogP contribution in [0.15, 0.2) is 30.3 Å². The predicted octanol–water partition coefficient (Wildman–Crippen LogP) is 1.82. The van der Waals surface area contributed by atoms with E-state index in [0.717, 1.165) is 5.56 Å². The second-order valence-corrected chi connectivity index (χ2v) is 7.93. The van der Waals surface area contributed by atoms with E-state index in [4.69, 9.17) is 9.84 Å². The van der Waals surface area contributed by atoms with E-state index in [2.05, 4.69) is 5.32 Å². The normalized spacial score (nSPS) is 18.6. The van der Waals surface area contributed by atoms with Gasteiger partial charge in [0.2, 0.25) is 5.91 Å². The van der Waals surface area contributed by atoms with E-state index in [1.807, 2.05) is 18.2 Å². The molecule has 2 amide bonds. The first-order valence-electron chi connectivity index (χ1n) is 10.4. The van der Waals surface area contributed by atoms with Crippen LogP contribution >= 0.6 is 0 Å². The van der Waals surface area contributed by atoms with E-state index in [1.165, 1.54) is 4.90 Å². The molecule has 10 heteroatoms. The van der Waals surface area contributed by atoms with Gasteiger partial charge in [-0.05, 0) is 31.7 Å². The highest BCUT2D eigenvalue weighted by Gasteiger charge is 2.46. The van der Waals surface area contributed by atoms with Gasteiger partial charge in [0.1, 0.15) is 13.2 Å². The van der Waals surface area contributed by atoms with Gasteiger partial charge < -0.3 is 25.2 Å². The molecule has 174 valence electrons. The van der Waals surface area contributed by atoms with E-state index in [0.29, 0.717) is 19.4 Å². The Bertz CT molecular complexity index is 857. The Morgan fingerprint density at radius 2 is 1.84 bits per heavy atom. The van der Waals surface area contributed by atoms with Crippen molar-refractivity contribution in [2.45, 2.75) is 51.2 Å². The maximum Gasteiger partial charge on any atom is 0.407 e. The zero-order valence-corrected chi connectivity index (χ0v) is 17.9. The summed E-state index contributed by atoms with van der Waals surface area (Å²) in [4.78, 5) is 61.0. The predicted molar refractivity (Wildman–Crippen MR) is 112 cm³/mol. The average molecular weight is 448 g/mol. The molecule has 1 saturated heterocycles. The first-order chi connectivity index (χ1) is 15.1. The quantitative estimate of drug-likeness (QED) is 0.464. The summed E-state index contributed by atoms with van der Waals surface area (Å²) < 4.78 is 5.06. The maximum absolute atomic E-state index is 12.9. The van der Waals surface area contributed by atoms with Gasteiger partial charge in [-0.15, -0.1) is 0 Å². The monoisotopic (exact) mass is 448 g/mol. The minimum absolute atomic E-state index is 0.0493. The summed E-state index contributed by atoms with van der Waals surface area (Å²) in [6.07, 6.45) is -0.752. The van der Waals surface area contributed by atoms with Gasteiger partial charge in [-0.1, -0.05) is 30.3 Å². The average Bonchev–Trinajstić information content (AvgIpc) is 3.16. The van der Waals surface area contributed by atoms with E-state index >= 15 is 0 Å². The van der Waals surface area contributed by atoms with Gasteiger partial charge in [0.05, 0.1) is 11.5 Å². The third-order valence-corrected chi connectivity index (χ3v) is 5.63. The van der Waals surface area contributed by atoms with Gasteiger partial charge >= 0.3 is 18.0 Å². The lowest BCUT2D eigenvalue weighted by Gasteiger charge is -2.34. The molecule has 1 aromatic rings. The summed E-state index contributed by atoms with van der Waals surface area (Å²) >= 11 is 0. The van der Waals surface area contributed by atoms with Crippen molar-refractivity contribution in [3.63, 3.8) is 0 Å². The highest BCUT2D eigenvalue weighted by atomic mass is 16.5. The number of amides is 2. The standard InChI is InChI=1S/C22H28N2O8/c1-22(17(25)12-16(20(29)30)8-9-19(27)28)10-5-11-24(22)18(26)13-23-21(31)32-14-15-6-3-2-4-7-15/h2-4,6-7,16H,5,8-14H2,1H3,(H,23,31)(H,27,28)(H,29,30)/t16-,22+/m1/s1. The molecular weight excluding hydrogens is 420 g/mol. The third kappa shape index (κ3) is 6.79. The number of aliphatic carboxylic acids is 2. The largest absolute Gasteiger partial charge is 0.481 e. The first-order valence-corrected chi connectivity index (χ1v) is 10.4. The fourth-order valence-corrected chi connectivity index (χ4v) is 3.72. The van der Waals surface area contributed by atoms with Crippen LogP contribution in [0, 0.1) is 5.92 Å². The zero-order chi connectivity index (χ0) is 23.7. The molecule has 0 aromatic heterocycles. The Morgan fingerprint density at radius 3 is 2.47 bits per heavy atom. The number of nitrogens with zero attached hydrogens (tertiary/aromatic N) is 1. The Balaban J connectivity index is 1.91. The molecule has 0 radical (unpaired) electrons. The fourth-order valence-electron chi connectivity index (χ4n) is 3.72. The lowest BCUT2D eigenvalue weighted by atomic mass is 9.85. The second kappa shape index (κ2) is 11.3. The molecule has 0 spiro atoms. The number of benzene rings is 1. The Morgan fingerprint density at radius 1 is 1.16 bits per heavy atom. The number of Topliss-reactive ketones (excluding diaryl/α,β-unsaturated/α-hetero) is 1. The number of ketones is 1. The highest BCUT2D eigenvalue weighted by Crippen LogP contribution is 2.32. The molecule has 2 rings (SSSR count). The molecule has 1 heterocycles. The maximum atomic E-state index is 12.9. The van der Waals surface area contributed by atoms with Crippen LogP contribution in [0.5, 0.6) is 0 Å². The summed E-state index contributed by atoms with van der Waals surface area (Å²) in [5, 5.41) is 20.5. The van der Waals surface area contributed by atoms with Crippen molar-refractivity contribution in [2.24, 2.45) is 5.92 Å². The van der Waals surface area contributed by atoms with Crippen LogP contribution < -0.4 is 5.32 Å². The molecule has 0 aliphatic carbocycles. The van der Waals surface area contributed by atoms with Crippen LogP contribution in [-0.4, -0.2) is 63.5 Å². The molecule has 0 bridgehead atoms. The number of carboxylic acids is 2. The van der Waals surface area contributed by atoms with Crippen molar-refractivity contribution in [1.82, 2.24) is 10.2 Å². The third-order valence-electron chi connectivity index (χ3n) is 5.63. The summed E-state index contributed by atoms with van der Waals surface area (Å²) in [7, 11) is 0. The van der Waals surface area contributed by atoms with E-state index in [9.17, 15) is 29.1 Å². The first kappa shape index (κ1) is 24.8. The van der Waals surface area contributed by atoms with Crippen LogP contribution in [0.2, 0.25) is 0 Å². The minimum Gasteiger partial charge on any atom is -0.481 e. The Kier molecular flexibility index (Phi) is 8.74. The van der Waals surface area contributed by atoms with Gasteiger partial charge in [-0.3, -0.25) is 19.2 Å². The van der Waals surface area contributed by atoms with Crippen molar-refractivity contribution >= 4 is 29.7 Å². The van der Waals surface area contributed by atoms with Crippen molar-refractivity contribution in [1.29, 1.82) is 0 Å². The molecule has 1 aliphatic rings. The van der Waals surface area contributed by atoms with Crippen LogP contribution in [0.25, 0.3) is 0 Å². The van der Waals surface area contributed by atoms with Crippen LogP contribution in [0.4, 0.5) is 4.79 Å². The number of hydrogen-bond donors (Lipinski definition) is 3. The van der Waals surface area contributed by atoms with Crippen molar-refractivity contribution < 1.29 is 38.9 Å².